The number of anilines is 2. The van der Waals surface area contributed by atoms with Gasteiger partial charge in [0.1, 0.15) is 24.1 Å². The zero-order valence-electron chi connectivity index (χ0n) is 24.8. The SMILES string of the molecule is C=CCOC(=O)NC(Cc1cc(C2CCCN2C(=O)Cc2ccc(NC(=O)Nc3ccccc3C)cc2)no1)C(=O)OCC. The Kier molecular flexibility index (Phi) is 11.1. The fourth-order valence-corrected chi connectivity index (χ4v) is 4.89. The maximum atomic E-state index is 13.3. The number of carbonyl (C=O) groups excluding carboxylic acids is 4. The summed E-state index contributed by atoms with van der Waals surface area (Å²) in [5.74, 6) is -0.339. The number of urea groups is 1. The highest BCUT2D eigenvalue weighted by Gasteiger charge is 2.33. The van der Waals surface area contributed by atoms with Crippen LogP contribution in [0.1, 0.15) is 48.4 Å². The van der Waals surface area contributed by atoms with Crippen molar-refractivity contribution in [1.82, 2.24) is 15.4 Å². The van der Waals surface area contributed by atoms with E-state index in [0.29, 0.717) is 30.1 Å². The van der Waals surface area contributed by atoms with Crippen LogP contribution in [0.2, 0.25) is 0 Å². The van der Waals surface area contributed by atoms with Crippen molar-refractivity contribution in [3.8, 4) is 0 Å². The molecule has 232 valence electrons. The molecule has 1 saturated heterocycles. The second kappa shape index (κ2) is 15.4. The molecule has 2 atom stereocenters. The smallest absolute Gasteiger partial charge is 0.408 e. The number of esters is 1. The molecule has 3 aromatic rings. The van der Waals surface area contributed by atoms with Gasteiger partial charge in [-0.2, -0.15) is 0 Å². The zero-order chi connectivity index (χ0) is 31.5. The van der Waals surface area contributed by atoms with Gasteiger partial charge in [-0.3, -0.25) is 4.79 Å². The second-order valence-corrected chi connectivity index (χ2v) is 10.3. The first-order chi connectivity index (χ1) is 21.3. The number of para-hydroxylation sites is 1. The maximum absolute atomic E-state index is 13.3. The number of benzene rings is 2. The number of hydrogen-bond donors (Lipinski definition) is 3. The van der Waals surface area contributed by atoms with Crippen LogP contribution in [-0.4, -0.2) is 59.9 Å². The highest BCUT2D eigenvalue weighted by Crippen LogP contribution is 2.32. The number of hydrogen-bond acceptors (Lipinski definition) is 8. The second-order valence-electron chi connectivity index (χ2n) is 10.3. The summed E-state index contributed by atoms with van der Waals surface area (Å²) in [4.78, 5) is 52.0. The number of carbonyl (C=O) groups is 4. The standard InChI is InChI=1S/C32H37N5O7/c1-4-17-43-32(41)35-27(30(39)42-5-2)20-24-19-26(36-44-24)28-11-8-16-37(28)29(38)18-22-12-14-23(15-13-22)33-31(40)34-25-10-7-6-9-21(25)3/h4,6-7,9-10,12-15,19,27-28H,1,5,8,11,16-18,20H2,2-3H3,(H,35,41)(H2,33,34,40). The summed E-state index contributed by atoms with van der Waals surface area (Å²) in [6, 6.07) is 14.7. The van der Waals surface area contributed by atoms with E-state index >= 15 is 0 Å². The Morgan fingerprint density at radius 2 is 1.89 bits per heavy atom. The van der Waals surface area contributed by atoms with Crippen molar-refractivity contribution in [1.29, 1.82) is 0 Å². The summed E-state index contributed by atoms with van der Waals surface area (Å²) in [6.07, 6.45) is 2.32. The van der Waals surface area contributed by atoms with Gasteiger partial charge in [0.2, 0.25) is 5.91 Å². The predicted octanol–water partition coefficient (Wildman–Crippen LogP) is 4.92. The van der Waals surface area contributed by atoms with Crippen molar-refractivity contribution in [2.24, 2.45) is 0 Å². The van der Waals surface area contributed by atoms with E-state index in [0.717, 1.165) is 23.2 Å². The number of likely N-dealkylation sites (tertiary alicyclic amines) is 1. The molecule has 4 amide bonds. The van der Waals surface area contributed by atoms with E-state index in [9.17, 15) is 19.2 Å². The molecule has 0 aliphatic carbocycles. The van der Waals surface area contributed by atoms with Crippen LogP contribution in [0, 0.1) is 6.92 Å². The van der Waals surface area contributed by atoms with Crippen LogP contribution in [-0.2, 0) is 31.9 Å². The minimum absolute atomic E-state index is 0.000941. The number of alkyl carbamates (subject to hydrolysis) is 1. The first-order valence-electron chi connectivity index (χ1n) is 14.5. The topological polar surface area (TPSA) is 152 Å². The number of amides is 4. The highest BCUT2D eigenvalue weighted by atomic mass is 16.6. The Hall–Kier alpha value is -5.13. The normalized spacial score (nSPS) is 14.8. The van der Waals surface area contributed by atoms with Gasteiger partial charge in [-0.15, -0.1) is 0 Å². The number of nitrogens with zero attached hydrogens (tertiary/aromatic N) is 2. The summed E-state index contributed by atoms with van der Waals surface area (Å²) in [7, 11) is 0. The van der Waals surface area contributed by atoms with E-state index in [2.05, 4.69) is 27.7 Å². The maximum Gasteiger partial charge on any atom is 0.408 e. The number of rotatable bonds is 12. The summed E-state index contributed by atoms with van der Waals surface area (Å²) < 4.78 is 15.5. The minimum Gasteiger partial charge on any atom is -0.464 e. The molecule has 0 bridgehead atoms. The third kappa shape index (κ3) is 8.69. The molecular formula is C32H37N5O7. The monoisotopic (exact) mass is 603 g/mol. The molecule has 4 rings (SSSR count). The van der Waals surface area contributed by atoms with Crippen molar-refractivity contribution >= 4 is 35.4 Å². The molecule has 12 nitrogen and oxygen atoms in total. The number of aryl methyl sites for hydroxylation is 1. The summed E-state index contributed by atoms with van der Waals surface area (Å²) in [6.45, 7) is 7.78. The van der Waals surface area contributed by atoms with Gasteiger partial charge >= 0.3 is 18.1 Å². The lowest BCUT2D eigenvalue weighted by atomic mass is 10.1. The van der Waals surface area contributed by atoms with E-state index < -0.39 is 18.1 Å². The van der Waals surface area contributed by atoms with E-state index in [-0.39, 0.29) is 44.0 Å². The Bertz CT molecular complexity index is 1470. The van der Waals surface area contributed by atoms with Crippen molar-refractivity contribution in [2.45, 2.75) is 51.6 Å². The molecular weight excluding hydrogens is 566 g/mol. The van der Waals surface area contributed by atoms with Crippen LogP contribution in [0.15, 0.2) is 71.8 Å². The molecule has 2 aromatic carbocycles. The summed E-state index contributed by atoms with van der Waals surface area (Å²) in [5, 5.41) is 12.3. The quantitative estimate of drug-likeness (QED) is 0.195. The van der Waals surface area contributed by atoms with Gasteiger partial charge in [0.15, 0.2) is 0 Å². The van der Waals surface area contributed by atoms with Crippen molar-refractivity contribution in [2.75, 3.05) is 30.4 Å². The fraction of sp³-hybridized carbons (Fsp3) is 0.344. The van der Waals surface area contributed by atoms with Crippen LogP contribution in [0.25, 0.3) is 0 Å². The molecule has 0 saturated carbocycles. The number of aromatic nitrogens is 1. The van der Waals surface area contributed by atoms with Crippen molar-refractivity contribution in [3.63, 3.8) is 0 Å². The molecule has 3 N–H and O–H groups in total. The molecule has 1 fully saturated rings. The van der Waals surface area contributed by atoms with Gasteiger partial charge in [0.05, 0.1) is 19.1 Å². The van der Waals surface area contributed by atoms with Gasteiger partial charge in [-0.1, -0.05) is 48.1 Å². The van der Waals surface area contributed by atoms with Gasteiger partial charge in [-0.05, 0) is 56.0 Å². The van der Waals surface area contributed by atoms with Gasteiger partial charge in [-0.25, -0.2) is 14.4 Å². The van der Waals surface area contributed by atoms with E-state index in [1.165, 1.54) is 6.08 Å². The molecule has 1 aliphatic rings. The largest absolute Gasteiger partial charge is 0.464 e. The Balaban J connectivity index is 1.34. The van der Waals surface area contributed by atoms with Crippen molar-refractivity contribution < 1.29 is 33.2 Å². The van der Waals surface area contributed by atoms with E-state index in [1.54, 1.807) is 30.0 Å². The van der Waals surface area contributed by atoms with Crippen molar-refractivity contribution in [3.05, 3.63) is 89.8 Å². The molecule has 12 heteroatoms. The third-order valence-corrected chi connectivity index (χ3v) is 7.05. The molecule has 2 unspecified atom stereocenters. The van der Waals surface area contributed by atoms with Gasteiger partial charge in [0.25, 0.3) is 0 Å². The Morgan fingerprint density at radius 1 is 1.11 bits per heavy atom. The first kappa shape index (κ1) is 31.8. The highest BCUT2D eigenvalue weighted by molar-refractivity contribution is 6.00. The lowest BCUT2D eigenvalue weighted by Crippen LogP contribution is -2.43. The average molecular weight is 604 g/mol. The summed E-state index contributed by atoms with van der Waals surface area (Å²) in [5.41, 5.74) is 3.66. The molecule has 44 heavy (non-hydrogen) atoms. The fourth-order valence-electron chi connectivity index (χ4n) is 4.89. The minimum atomic E-state index is -1.04. The van der Waals surface area contributed by atoms with Crippen LogP contribution in [0.3, 0.4) is 0 Å². The van der Waals surface area contributed by atoms with Gasteiger partial charge < -0.3 is 34.8 Å². The zero-order valence-corrected chi connectivity index (χ0v) is 24.8. The number of nitrogens with one attached hydrogen (secondary N) is 3. The Labute approximate surface area is 255 Å². The molecule has 0 spiro atoms. The lowest BCUT2D eigenvalue weighted by Gasteiger charge is -2.23. The van der Waals surface area contributed by atoms with Crippen LogP contribution < -0.4 is 16.0 Å². The third-order valence-electron chi connectivity index (χ3n) is 7.05. The Morgan fingerprint density at radius 3 is 2.61 bits per heavy atom. The van der Waals surface area contributed by atoms with E-state index in [1.807, 2.05) is 43.3 Å². The molecule has 1 aliphatic heterocycles. The first-order valence-corrected chi connectivity index (χ1v) is 14.5. The lowest BCUT2D eigenvalue weighted by molar-refractivity contribution is -0.145. The summed E-state index contributed by atoms with van der Waals surface area (Å²) >= 11 is 0. The van der Waals surface area contributed by atoms with Crippen LogP contribution in [0.5, 0.6) is 0 Å². The van der Waals surface area contributed by atoms with Crippen LogP contribution in [0.4, 0.5) is 21.0 Å². The van der Waals surface area contributed by atoms with Gasteiger partial charge in [0, 0.05) is 30.4 Å². The number of ether oxygens (including phenoxy) is 2. The molecule has 1 aromatic heterocycles. The molecule has 2 heterocycles. The predicted molar refractivity (Wildman–Crippen MR) is 163 cm³/mol. The van der Waals surface area contributed by atoms with E-state index in [4.69, 9.17) is 14.0 Å². The van der Waals surface area contributed by atoms with Crippen LogP contribution >= 0.6 is 0 Å². The molecule has 0 radical (unpaired) electrons. The average Bonchev–Trinajstić information content (AvgIpc) is 3.68.